The maximum absolute atomic E-state index is 12.1. The van der Waals surface area contributed by atoms with Gasteiger partial charge in [0.05, 0.1) is 11.3 Å². The standard InChI is InChI=1S/C19H19N5O3/c25-18(20-11-5-8-15-6-2-1-3-7-15)13-27-19(26)16-9-4-10-17(12-16)24-14-21-22-23-24/h1-4,6-7,9-10,12,14H,5,8,11,13H2,(H,20,25). The van der Waals surface area contributed by atoms with Gasteiger partial charge in [0.15, 0.2) is 6.61 Å². The molecule has 3 aromatic rings. The first-order valence-corrected chi connectivity index (χ1v) is 8.53. The highest BCUT2D eigenvalue weighted by Crippen LogP contribution is 2.10. The first-order valence-electron chi connectivity index (χ1n) is 8.53. The maximum atomic E-state index is 12.1. The third kappa shape index (κ3) is 5.46. The van der Waals surface area contributed by atoms with E-state index >= 15 is 0 Å². The molecule has 0 atom stereocenters. The lowest BCUT2D eigenvalue weighted by atomic mass is 10.1. The molecule has 1 aromatic heterocycles. The largest absolute Gasteiger partial charge is 0.452 e. The minimum atomic E-state index is -0.579. The maximum Gasteiger partial charge on any atom is 0.338 e. The number of hydrogen-bond acceptors (Lipinski definition) is 6. The molecule has 0 spiro atoms. The predicted octanol–water partition coefficient (Wildman–Crippen LogP) is 1.57. The molecule has 0 unspecified atom stereocenters. The summed E-state index contributed by atoms with van der Waals surface area (Å²) in [7, 11) is 0. The number of aryl methyl sites for hydroxylation is 1. The first kappa shape index (κ1) is 18.2. The lowest BCUT2D eigenvalue weighted by Crippen LogP contribution is -2.29. The summed E-state index contributed by atoms with van der Waals surface area (Å²) in [5, 5.41) is 13.6. The van der Waals surface area contributed by atoms with Crippen LogP contribution in [0.5, 0.6) is 0 Å². The summed E-state index contributed by atoms with van der Waals surface area (Å²) in [5.74, 6) is -0.905. The van der Waals surface area contributed by atoms with Crippen LogP contribution in [0.1, 0.15) is 22.3 Å². The summed E-state index contributed by atoms with van der Waals surface area (Å²) in [5.41, 5.74) is 2.17. The molecule has 0 radical (unpaired) electrons. The van der Waals surface area contributed by atoms with Crippen LogP contribution in [0.4, 0.5) is 0 Å². The third-order valence-electron chi connectivity index (χ3n) is 3.84. The van der Waals surface area contributed by atoms with E-state index in [1.165, 1.54) is 16.6 Å². The second kappa shape index (κ2) is 9.23. The van der Waals surface area contributed by atoms with E-state index in [0.717, 1.165) is 12.8 Å². The molecule has 27 heavy (non-hydrogen) atoms. The monoisotopic (exact) mass is 365 g/mol. The number of hydrogen-bond donors (Lipinski definition) is 1. The molecular weight excluding hydrogens is 346 g/mol. The van der Waals surface area contributed by atoms with Crippen molar-refractivity contribution in [3.8, 4) is 5.69 Å². The number of tetrazole rings is 1. The molecule has 0 aliphatic heterocycles. The zero-order valence-corrected chi connectivity index (χ0v) is 14.6. The summed E-state index contributed by atoms with van der Waals surface area (Å²) in [6.45, 7) is 0.208. The highest BCUT2D eigenvalue weighted by atomic mass is 16.5. The number of esters is 1. The predicted molar refractivity (Wildman–Crippen MR) is 97.2 cm³/mol. The molecule has 0 saturated heterocycles. The Bertz CT molecular complexity index is 881. The van der Waals surface area contributed by atoms with E-state index in [-0.39, 0.29) is 12.5 Å². The van der Waals surface area contributed by atoms with E-state index in [4.69, 9.17) is 4.74 Å². The van der Waals surface area contributed by atoms with Gasteiger partial charge in [-0.15, -0.1) is 5.10 Å². The van der Waals surface area contributed by atoms with Crippen LogP contribution in [0.2, 0.25) is 0 Å². The number of carbonyl (C=O) groups is 2. The summed E-state index contributed by atoms with van der Waals surface area (Å²) in [6, 6.07) is 16.7. The quantitative estimate of drug-likeness (QED) is 0.480. The van der Waals surface area contributed by atoms with Crippen molar-refractivity contribution in [2.75, 3.05) is 13.2 Å². The summed E-state index contributed by atoms with van der Waals surface area (Å²) in [4.78, 5) is 23.9. The molecule has 1 heterocycles. The lowest BCUT2D eigenvalue weighted by molar-refractivity contribution is -0.124. The van der Waals surface area contributed by atoms with Gasteiger partial charge in [0.25, 0.3) is 5.91 Å². The van der Waals surface area contributed by atoms with Crippen molar-refractivity contribution >= 4 is 11.9 Å². The van der Waals surface area contributed by atoms with E-state index < -0.39 is 5.97 Å². The van der Waals surface area contributed by atoms with Crippen molar-refractivity contribution < 1.29 is 14.3 Å². The zero-order chi connectivity index (χ0) is 18.9. The molecule has 2 aromatic carbocycles. The van der Waals surface area contributed by atoms with Gasteiger partial charge in [-0.3, -0.25) is 4.79 Å². The van der Waals surface area contributed by atoms with Gasteiger partial charge in [-0.2, -0.15) is 0 Å². The Labute approximate surface area is 156 Å². The average Bonchev–Trinajstić information content (AvgIpc) is 3.25. The fourth-order valence-corrected chi connectivity index (χ4v) is 2.49. The molecule has 138 valence electrons. The van der Waals surface area contributed by atoms with Crippen LogP contribution in [0.25, 0.3) is 5.69 Å². The second-order valence-electron chi connectivity index (χ2n) is 5.82. The van der Waals surface area contributed by atoms with Gasteiger partial charge < -0.3 is 10.1 Å². The van der Waals surface area contributed by atoms with Gasteiger partial charge in [-0.25, -0.2) is 9.48 Å². The summed E-state index contributed by atoms with van der Waals surface area (Å²) < 4.78 is 6.49. The van der Waals surface area contributed by atoms with Crippen molar-refractivity contribution in [1.82, 2.24) is 25.5 Å². The van der Waals surface area contributed by atoms with E-state index in [1.54, 1.807) is 24.3 Å². The molecular formula is C19H19N5O3. The summed E-state index contributed by atoms with van der Waals surface area (Å²) >= 11 is 0. The number of rotatable bonds is 8. The van der Waals surface area contributed by atoms with Crippen molar-refractivity contribution in [2.45, 2.75) is 12.8 Å². The molecule has 0 fully saturated rings. The minimum absolute atomic E-state index is 0.319. The van der Waals surface area contributed by atoms with Crippen molar-refractivity contribution in [3.63, 3.8) is 0 Å². The molecule has 3 rings (SSSR count). The smallest absolute Gasteiger partial charge is 0.338 e. The van der Waals surface area contributed by atoms with E-state index in [2.05, 4.69) is 20.8 Å². The van der Waals surface area contributed by atoms with Gasteiger partial charge in [-0.1, -0.05) is 36.4 Å². The number of amides is 1. The van der Waals surface area contributed by atoms with Crippen LogP contribution in [-0.2, 0) is 16.0 Å². The van der Waals surface area contributed by atoms with Crippen molar-refractivity contribution in [1.29, 1.82) is 0 Å². The zero-order valence-electron chi connectivity index (χ0n) is 14.6. The Morgan fingerprint density at radius 2 is 1.93 bits per heavy atom. The molecule has 0 bridgehead atoms. The Morgan fingerprint density at radius 3 is 2.70 bits per heavy atom. The van der Waals surface area contributed by atoms with Crippen LogP contribution in [0, 0.1) is 0 Å². The van der Waals surface area contributed by atoms with E-state index in [1.807, 2.05) is 30.3 Å². The number of nitrogens with one attached hydrogen (secondary N) is 1. The normalized spacial score (nSPS) is 10.4. The molecule has 8 heteroatoms. The van der Waals surface area contributed by atoms with Crippen LogP contribution in [0.15, 0.2) is 60.9 Å². The van der Waals surface area contributed by atoms with Gasteiger partial charge in [-0.05, 0) is 47.0 Å². The van der Waals surface area contributed by atoms with Crippen LogP contribution >= 0.6 is 0 Å². The topological polar surface area (TPSA) is 99.0 Å². The number of benzene rings is 2. The third-order valence-corrected chi connectivity index (χ3v) is 3.84. The minimum Gasteiger partial charge on any atom is -0.452 e. The Balaban J connectivity index is 1.41. The number of ether oxygens (including phenoxy) is 1. The van der Waals surface area contributed by atoms with Crippen LogP contribution < -0.4 is 5.32 Å². The molecule has 8 nitrogen and oxygen atoms in total. The Hall–Kier alpha value is -3.55. The van der Waals surface area contributed by atoms with Crippen LogP contribution in [-0.4, -0.2) is 45.2 Å². The SMILES string of the molecule is O=C(COC(=O)c1cccc(-n2cnnn2)c1)NCCCc1ccccc1. The molecule has 1 amide bonds. The Kier molecular flexibility index (Phi) is 6.24. The molecule has 0 aliphatic rings. The molecule has 1 N–H and O–H groups in total. The number of nitrogens with zero attached hydrogens (tertiary/aromatic N) is 4. The average molecular weight is 365 g/mol. The fourth-order valence-electron chi connectivity index (χ4n) is 2.49. The van der Waals surface area contributed by atoms with E-state index in [0.29, 0.717) is 17.8 Å². The van der Waals surface area contributed by atoms with Crippen molar-refractivity contribution in [3.05, 3.63) is 72.1 Å². The molecule has 0 aliphatic carbocycles. The van der Waals surface area contributed by atoms with E-state index in [9.17, 15) is 9.59 Å². The van der Waals surface area contributed by atoms with Gasteiger partial charge in [0, 0.05) is 6.54 Å². The highest BCUT2D eigenvalue weighted by Gasteiger charge is 2.11. The number of carbonyl (C=O) groups excluding carboxylic acids is 2. The second-order valence-corrected chi connectivity index (χ2v) is 5.82. The van der Waals surface area contributed by atoms with Crippen molar-refractivity contribution in [2.24, 2.45) is 0 Å². The van der Waals surface area contributed by atoms with Crippen LogP contribution in [0.3, 0.4) is 0 Å². The van der Waals surface area contributed by atoms with Gasteiger partial charge in [0.1, 0.15) is 6.33 Å². The van der Waals surface area contributed by atoms with Gasteiger partial charge in [0.2, 0.25) is 0 Å². The first-order chi connectivity index (χ1) is 13.2. The van der Waals surface area contributed by atoms with Gasteiger partial charge >= 0.3 is 5.97 Å². The molecule has 0 saturated carbocycles. The lowest BCUT2D eigenvalue weighted by Gasteiger charge is -2.07. The summed E-state index contributed by atoms with van der Waals surface area (Å²) in [6.07, 6.45) is 3.12. The fraction of sp³-hybridized carbons (Fsp3) is 0.211. The number of aromatic nitrogens is 4. The Morgan fingerprint density at radius 1 is 1.07 bits per heavy atom. The highest BCUT2D eigenvalue weighted by molar-refractivity contribution is 5.91.